The second kappa shape index (κ2) is 5.98. The molecule has 2 heterocycles. The Hall–Kier alpha value is -1.86. The first-order valence-corrected chi connectivity index (χ1v) is 8.38. The molecule has 23 heavy (non-hydrogen) atoms. The van der Waals surface area contributed by atoms with Crippen molar-refractivity contribution >= 4 is 23.2 Å². The minimum Gasteiger partial charge on any atom is -0.477 e. The zero-order valence-electron chi connectivity index (χ0n) is 12.6. The first-order chi connectivity index (χ1) is 11.0. The summed E-state index contributed by atoms with van der Waals surface area (Å²) < 4.78 is 15.5. The number of carbonyl (C=O) groups is 1. The number of carboxylic acids is 1. The average Bonchev–Trinajstić information content (AvgIpc) is 3.32. The summed E-state index contributed by atoms with van der Waals surface area (Å²) in [6.45, 7) is 2.19. The number of aromatic nitrogens is 1. The summed E-state index contributed by atoms with van der Waals surface area (Å²) in [6, 6.07) is 1.46. The Kier molecular flexibility index (Phi) is 4.16. The van der Waals surface area contributed by atoms with Gasteiger partial charge in [0.1, 0.15) is 5.56 Å². The molecule has 5 nitrogen and oxygen atoms in total. The molecular weight excluding hydrogens is 319 g/mol. The molecule has 0 spiro atoms. The molecule has 1 saturated carbocycles. The minimum atomic E-state index is -1.29. The van der Waals surface area contributed by atoms with Crippen LogP contribution in [0.25, 0.3) is 5.52 Å². The van der Waals surface area contributed by atoms with Gasteiger partial charge >= 0.3 is 5.97 Å². The van der Waals surface area contributed by atoms with Gasteiger partial charge in [-0.1, -0.05) is 0 Å². The SMILES string of the molecule is Cc1c(SCCN)c(F)cn2c(=O)c(C(=O)O)cc(C3CC3)c12. The van der Waals surface area contributed by atoms with Gasteiger partial charge in [-0.25, -0.2) is 9.18 Å². The topological polar surface area (TPSA) is 84.8 Å². The Morgan fingerprint density at radius 1 is 1.52 bits per heavy atom. The van der Waals surface area contributed by atoms with Gasteiger partial charge in [0.15, 0.2) is 5.82 Å². The molecule has 1 aliphatic carbocycles. The highest BCUT2D eigenvalue weighted by atomic mass is 32.2. The van der Waals surface area contributed by atoms with Crippen LogP contribution in [-0.2, 0) is 0 Å². The zero-order chi connectivity index (χ0) is 16.7. The molecule has 3 N–H and O–H groups in total. The molecule has 0 saturated heterocycles. The second-order valence-corrected chi connectivity index (χ2v) is 6.79. The van der Waals surface area contributed by atoms with Gasteiger partial charge in [-0.3, -0.25) is 9.20 Å². The molecule has 1 fully saturated rings. The maximum atomic E-state index is 14.4. The standard InChI is InChI=1S/C16H17FN2O3S/c1-8-13-10(9-2-3-9)6-11(16(21)22)15(20)19(13)7-12(17)14(8)23-5-4-18/h6-7,9H,2-5,18H2,1H3,(H,21,22). The fourth-order valence-corrected chi connectivity index (χ4v) is 3.66. The zero-order valence-corrected chi connectivity index (χ0v) is 13.5. The first-order valence-electron chi connectivity index (χ1n) is 7.40. The van der Waals surface area contributed by atoms with Crippen LogP contribution in [0, 0.1) is 12.7 Å². The van der Waals surface area contributed by atoms with E-state index in [1.807, 2.05) is 0 Å². The van der Waals surface area contributed by atoms with E-state index >= 15 is 0 Å². The molecule has 0 amide bonds. The van der Waals surface area contributed by atoms with Gasteiger partial charge < -0.3 is 10.8 Å². The largest absolute Gasteiger partial charge is 0.477 e. The highest BCUT2D eigenvalue weighted by Crippen LogP contribution is 2.43. The lowest BCUT2D eigenvalue weighted by atomic mass is 10.0. The number of thioether (sulfide) groups is 1. The molecule has 0 bridgehead atoms. The van der Waals surface area contributed by atoms with Crippen molar-refractivity contribution < 1.29 is 14.3 Å². The summed E-state index contributed by atoms with van der Waals surface area (Å²) in [5.41, 5.74) is 6.59. The van der Waals surface area contributed by atoms with Crippen molar-refractivity contribution in [1.82, 2.24) is 4.40 Å². The number of pyridine rings is 2. The van der Waals surface area contributed by atoms with Crippen molar-refractivity contribution in [2.75, 3.05) is 12.3 Å². The first kappa shape index (κ1) is 16.0. The van der Waals surface area contributed by atoms with E-state index in [0.717, 1.165) is 29.0 Å². The smallest absolute Gasteiger partial charge is 0.341 e. The molecule has 2 aromatic rings. The van der Waals surface area contributed by atoms with Gasteiger partial charge in [-0.2, -0.15) is 0 Å². The van der Waals surface area contributed by atoms with Crippen LogP contribution >= 0.6 is 11.8 Å². The van der Waals surface area contributed by atoms with E-state index in [9.17, 15) is 19.1 Å². The van der Waals surface area contributed by atoms with E-state index in [0.29, 0.717) is 28.3 Å². The van der Waals surface area contributed by atoms with Crippen LogP contribution in [0.3, 0.4) is 0 Å². The monoisotopic (exact) mass is 336 g/mol. The predicted molar refractivity (Wildman–Crippen MR) is 87.1 cm³/mol. The van der Waals surface area contributed by atoms with Crippen LogP contribution in [-0.4, -0.2) is 27.8 Å². The number of hydrogen-bond donors (Lipinski definition) is 2. The van der Waals surface area contributed by atoms with Gasteiger partial charge in [-0.05, 0) is 42.9 Å². The lowest BCUT2D eigenvalue weighted by Crippen LogP contribution is -2.24. The number of carboxylic acid groups (broad SMARTS) is 1. The summed E-state index contributed by atoms with van der Waals surface area (Å²) in [5, 5.41) is 9.24. The van der Waals surface area contributed by atoms with E-state index in [-0.39, 0.29) is 11.5 Å². The van der Waals surface area contributed by atoms with Crippen molar-refractivity contribution in [2.45, 2.75) is 30.6 Å². The predicted octanol–water partition coefficient (Wildman–Crippen LogP) is 2.37. The second-order valence-electron chi connectivity index (χ2n) is 5.68. The highest BCUT2D eigenvalue weighted by molar-refractivity contribution is 7.99. The van der Waals surface area contributed by atoms with Crippen LogP contribution in [0.2, 0.25) is 0 Å². The van der Waals surface area contributed by atoms with Gasteiger partial charge in [0, 0.05) is 23.4 Å². The maximum absolute atomic E-state index is 14.4. The van der Waals surface area contributed by atoms with Gasteiger partial charge in [0.2, 0.25) is 0 Å². The molecule has 0 unspecified atom stereocenters. The van der Waals surface area contributed by atoms with Crippen molar-refractivity contribution in [3.05, 3.63) is 45.1 Å². The number of aryl methyl sites for hydroxylation is 1. The van der Waals surface area contributed by atoms with Crippen molar-refractivity contribution in [3.63, 3.8) is 0 Å². The molecule has 0 atom stereocenters. The lowest BCUT2D eigenvalue weighted by molar-refractivity contribution is 0.0694. The van der Waals surface area contributed by atoms with Crippen LogP contribution in [0.4, 0.5) is 4.39 Å². The summed E-state index contributed by atoms with van der Waals surface area (Å²) in [5.74, 6) is -1.00. The third-order valence-electron chi connectivity index (χ3n) is 4.03. The van der Waals surface area contributed by atoms with E-state index in [1.165, 1.54) is 17.8 Å². The number of halogens is 1. The molecule has 1 aliphatic rings. The fourth-order valence-electron chi connectivity index (χ4n) is 2.83. The Morgan fingerprint density at radius 2 is 2.22 bits per heavy atom. The lowest BCUT2D eigenvalue weighted by Gasteiger charge is -2.15. The molecule has 3 rings (SSSR count). The fraction of sp³-hybridized carbons (Fsp3) is 0.375. The molecule has 0 radical (unpaired) electrons. The third-order valence-corrected chi connectivity index (χ3v) is 5.26. The van der Waals surface area contributed by atoms with E-state index in [4.69, 9.17) is 5.73 Å². The summed E-state index contributed by atoms with van der Waals surface area (Å²) in [4.78, 5) is 24.2. The molecule has 2 aromatic heterocycles. The highest BCUT2D eigenvalue weighted by Gasteiger charge is 2.30. The number of rotatable bonds is 5. The molecule has 7 heteroatoms. The van der Waals surface area contributed by atoms with Gasteiger partial charge in [0.05, 0.1) is 5.52 Å². The van der Waals surface area contributed by atoms with Crippen molar-refractivity contribution in [1.29, 1.82) is 0 Å². The Labute approximate surface area is 136 Å². The van der Waals surface area contributed by atoms with E-state index in [2.05, 4.69) is 0 Å². The number of fused-ring (bicyclic) bond motifs is 1. The van der Waals surface area contributed by atoms with Crippen LogP contribution in [0.15, 0.2) is 22.0 Å². The van der Waals surface area contributed by atoms with Gasteiger partial charge in [-0.15, -0.1) is 11.8 Å². The Bertz CT molecular complexity index is 859. The quantitative estimate of drug-likeness (QED) is 0.819. The van der Waals surface area contributed by atoms with E-state index in [1.54, 1.807) is 6.92 Å². The maximum Gasteiger partial charge on any atom is 0.341 e. The number of aromatic carboxylic acids is 1. The number of hydrogen-bond acceptors (Lipinski definition) is 4. The van der Waals surface area contributed by atoms with Crippen LogP contribution in [0.5, 0.6) is 0 Å². The van der Waals surface area contributed by atoms with Crippen molar-refractivity contribution in [2.24, 2.45) is 5.73 Å². The number of nitrogens with zero attached hydrogens (tertiary/aromatic N) is 1. The van der Waals surface area contributed by atoms with E-state index < -0.39 is 17.3 Å². The average molecular weight is 336 g/mol. The Balaban J connectivity index is 2.35. The molecule has 0 aliphatic heterocycles. The van der Waals surface area contributed by atoms with Crippen LogP contribution in [0.1, 0.15) is 40.2 Å². The normalized spacial score (nSPS) is 14.4. The van der Waals surface area contributed by atoms with Gasteiger partial charge in [0.25, 0.3) is 5.56 Å². The van der Waals surface area contributed by atoms with Crippen molar-refractivity contribution in [3.8, 4) is 0 Å². The minimum absolute atomic E-state index is 0.236. The summed E-state index contributed by atoms with van der Waals surface area (Å²) in [7, 11) is 0. The van der Waals surface area contributed by atoms with Crippen LogP contribution < -0.4 is 11.3 Å². The third kappa shape index (κ3) is 2.74. The molecular formula is C16H17FN2O3S. The Morgan fingerprint density at radius 3 is 2.78 bits per heavy atom. The summed E-state index contributed by atoms with van der Waals surface area (Å²) >= 11 is 1.31. The summed E-state index contributed by atoms with van der Waals surface area (Å²) in [6.07, 6.45) is 3.01. The molecule has 0 aromatic carbocycles. The molecule has 122 valence electrons. The number of nitrogens with two attached hydrogens (primary N) is 1.